The molecule has 3 aromatic carbocycles. The molecular formula is C21H21NO. The first-order valence-corrected chi connectivity index (χ1v) is 8.23. The highest BCUT2D eigenvalue weighted by atomic mass is 16.5. The van der Waals surface area contributed by atoms with E-state index in [1.165, 1.54) is 16.3 Å². The molecule has 1 heterocycles. The first-order chi connectivity index (χ1) is 11.2. The summed E-state index contributed by atoms with van der Waals surface area (Å²) >= 11 is 0. The Balaban J connectivity index is 1.85. The fraction of sp³-hybridized carbons (Fsp3) is 0.238. The lowest BCUT2D eigenvalue weighted by atomic mass is 9.89. The van der Waals surface area contributed by atoms with Gasteiger partial charge in [-0.3, -0.25) is 5.32 Å². The third-order valence-electron chi connectivity index (χ3n) is 4.59. The molecule has 1 aliphatic rings. The normalized spacial score (nSPS) is 20.3. The molecule has 1 N–H and O–H groups in total. The second kappa shape index (κ2) is 5.71. The smallest absolute Gasteiger partial charge is 0.177 e. The Morgan fingerprint density at radius 3 is 2.39 bits per heavy atom. The molecule has 1 aliphatic heterocycles. The van der Waals surface area contributed by atoms with Gasteiger partial charge < -0.3 is 4.74 Å². The van der Waals surface area contributed by atoms with Crippen molar-refractivity contribution < 1.29 is 4.74 Å². The average Bonchev–Trinajstić information content (AvgIpc) is 2.61. The van der Waals surface area contributed by atoms with Crippen molar-refractivity contribution in [2.24, 2.45) is 5.92 Å². The van der Waals surface area contributed by atoms with E-state index in [0.29, 0.717) is 5.92 Å². The van der Waals surface area contributed by atoms with Crippen LogP contribution in [0.15, 0.2) is 66.7 Å². The topological polar surface area (TPSA) is 21.3 Å². The van der Waals surface area contributed by atoms with Gasteiger partial charge in [-0.15, -0.1) is 0 Å². The highest BCUT2D eigenvalue weighted by Crippen LogP contribution is 2.42. The first-order valence-electron chi connectivity index (χ1n) is 8.23. The Hall–Kier alpha value is -2.32. The van der Waals surface area contributed by atoms with Gasteiger partial charge in [-0.2, -0.15) is 0 Å². The molecule has 0 saturated carbocycles. The molecule has 23 heavy (non-hydrogen) atoms. The Bertz CT molecular complexity index is 826. The number of hydrogen-bond donors (Lipinski definition) is 1. The standard InChI is InChI=1S/C21H21NO/c1-14(2)20-19-17-11-7-6-8-15(17)12-13-18(19)23-21(22-20)16-9-4-3-5-10-16/h3-14,20-22H,1-2H3/t20-,21+/m1/s1. The number of fused-ring (bicyclic) bond motifs is 3. The summed E-state index contributed by atoms with van der Waals surface area (Å²) in [6.07, 6.45) is -0.0998. The van der Waals surface area contributed by atoms with Gasteiger partial charge in [0.05, 0.1) is 0 Å². The average molecular weight is 303 g/mol. The van der Waals surface area contributed by atoms with Crippen molar-refractivity contribution >= 4 is 10.8 Å². The minimum absolute atomic E-state index is 0.0998. The Labute approximate surface area is 137 Å². The van der Waals surface area contributed by atoms with Crippen LogP contribution in [0.4, 0.5) is 0 Å². The van der Waals surface area contributed by atoms with E-state index >= 15 is 0 Å². The van der Waals surface area contributed by atoms with Crippen LogP contribution < -0.4 is 10.1 Å². The molecule has 0 bridgehead atoms. The number of benzene rings is 3. The Morgan fingerprint density at radius 2 is 1.61 bits per heavy atom. The van der Waals surface area contributed by atoms with E-state index in [1.807, 2.05) is 6.07 Å². The molecule has 3 aromatic rings. The maximum Gasteiger partial charge on any atom is 0.177 e. The van der Waals surface area contributed by atoms with Gasteiger partial charge in [0.15, 0.2) is 6.23 Å². The maximum atomic E-state index is 6.30. The molecule has 0 aliphatic carbocycles. The van der Waals surface area contributed by atoms with Crippen molar-refractivity contribution in [3.63, 3.8) is 0 Å². The van der Waals surface area contributed by atoms with Gasteiger partial charge in [-0.05, 0) is 22.8 Å². The van der Waals surface area contributed by atoms with Crippen LogP contribution in [0.5, 0.6) is 5.75 Å². The van der Waals surface area contributed by atoms with Crippen molar-refractivity contribution in [1.29, 1.82) is 0 Å². The van der Waals surface area contributed by atoms with Gasteiger partial charge in [0.1, 0.15) is 5.75 Å². The zero-order valence-corrected chi connectivity index (χ0v) is 13.5. The SMILES string of the molecule is CC(C)[C@H]1N[C@H](c2ccccc2)Oc2ccc3ccccc3c21. The number of nitrogens with one attached hydrogen (secondary N) is 1. The van der Waals surface area contributed by atoms with Crippen LogP contribution in [0.3, 0.4) is 0 Å². The Morgan fingerprint density at radius 1 is 0.870 bits per heavy atom. The minimum atomic E-state index is -0.0998. The zero-order chi connectivity index (χ0) is 15.8. The molecule has 0 aromatic heterocycles. The summed E-state index contributed by atoms with van der Waals surface area (Å²) < 4.78 is 6.30. The zero-order valence-electron chi connectivity index (χ0n) is 13.5. The molecule has 2 atom stereocenters. The van der Waals surface area contributed by atoms with Crippen molar-refractivity contribution in [3.05, 3.63) is 77.9 Å². The van der Waals surface area contributed by atoms with Gasteiger partial charge >= 0.3 is 0 Å². The predicted octanol–water partition coefficient (Wildman–Crippen LogP) is 5.22. The lowest BCUT2D eigenvalue weighted by Gasteiger charge is -2.36. The summed E-state index contributed by atoms with van der Waals surface area (Å²) in [5, 5.41) is 6.24. The highest BCUT2D eigenvalue weighted by Gasteiger charge is 2.31. The maximum absolute atomic E-state index is 6.30. The fourth-order valence-corrected chi connectivity index (χ4v) is 3.42. The number of hydrogen-bond acceptors (Lipinski definition) is 2. The molecule has 4 rings (SSSR count). The molecule has 116 valence electrons. The minimum Gasteiger partial charge on any atom is -0.471 e. The molecule has 0 amide bonds. The third-order valence-corrected chi connectivity index (χ3v) is 4.59. The van der Waals surface area contributed by atoms with Gasteiger partial charge in [-0.1, -0.05) is 74.5 Å². The van der Waals surface area contributed by atoms with Crippen LogP contribution in [-0.4, -0.2) is 0 Å². The monoisotopic (exact) mass is 303 g/mol. The van der Waals surface area contributed by atoms with E-state index in [1.54, 1.807) is 0 Å². The summed E-state index contributed by atoms with van der Waals surface area (Å²) in [5.74, 6) is 1.48. The third kappa shape index (κ3) is 2.49. The molecule has 2 heteroatoms. The van der Waals surface area contributed by atoms with E-state index in [2.05, 4.69) is 79.8 Å². The van der Waals surface area contributed by atoms with E-state index in [0.717, 1.165) is 11.3 Å². The van der Waals surface area contributed by atoms with E-state index in [-0.39, 0.29) is 12.3 Å². The van der Waals surface area contributed by atoms with Gasteiger partial charge in [0, 0.05) is 17.2 Å². The number of ether oxygens (including phenoxy) is 1. The first kappa shape index (κ1) is 14.3. The second-order valence-corrected chi connectivity index (χ2v) is 6.50. The van der Waals surface area contributed by atoms with E-state index in [9.17, 15) is 0 Å². The molecule has 0 radical (unpaired) electrons. The van der Waals surface area contributed by atoms with Crippen LogP contribution in [0.1, 0.15) is 37.2 Å². The van der Waals surface area contributed by atoms with Gasteiger partial charge in [0.25, 0.3) is 0 Å². The summed E-state index contributed by atoms with van der Waals surface area (Å²) in [6.45, 7) is 4.52. The van der Waals surface area contributed by atoms with Crippen LogP contribution in [0.2, 0.25) is 0 Å². The van der Waals surface area contributed by atoms with Crippen molar-refractivity contribution in [2.45, 2.75) is 26.1 Å². The summed E-state index contributed by atoms with van der Waals surface area (Å²) in [7, 11) is 0. The molecule has 0 spiro atoms. The fourth-order valence-electron chi connectivity index (χ4n) is 3.42. The molecule has 2 nitrogen and oxygen atoms in total. The highest BCUT2D eigenvalue weighted by molar-refractivity contribution is 5.88. The van der Waals surface area contributed by atoms with Crippen LogP contribution >= 0.6 is 0 Å². The molecule has 0 saturated heterocycles. The van der Waals surface area contributed by atoms with Gasteiger partial charge in [0.2, 0.25) is 0 Å². The quantitative estimate of drug-likeness (QED) is 0.701. The van der Waals surface area contributed by atoms with Crippen LogP contribution in [0, 0.1) is 5.92 Å². The predicted molar refractivity (Wildman–Crippen MR) is 94.5 cm³/mol. The lowest BCUT2D eigenvalue weighted by Crippen LogP contribution is -2.37. The molecule has 0 fully saturated rings. The summed E-state index contributed by atoms with van der Waals surface area (Å²) in [6, 6.07) is 23.5. The van der Waals surface area contributed by atoms with Crippen molar-refractivity contribution in [3.8, 4) is 5.75 Å². The van der Waals surface area contributed by atoms with Crippen molar-refractivity contribution in [1.82, 2.24) is 5.32 Å². The van der Waals surface area contributed by atoms with E-state index in [4.69, 9.17) is 4.74 Å². The molecule has 0 unspecified atom stereocenters. The Kier molecular flexibility index (Phi) is 3.55. The molecular weight excluding hydrogens is 282 g/mol. The summed E-state index contributed by atoms with van der Waals surface area (Å²) in [5.41, 5.74) is 2.45. The van der Waals surface area contributed by atoms with Gasteiger partial charge in [-0.25, -0.2) is 0 Å². The lowest BCUT2D eigenvalue weighted by molar-refractivity contribution is 0.111. The largest absolute Gasteiger partial charge is 0.471 e. The van der Waals surface area contributed by atoms with Crippen LogP contribution in [0.25, 0.3) is 10.8 Å². The van der Waals surface area contributed by atoms with Crippen molar-refractivity contribution in [2.75, 3.05) is 0 Å². The summed E-state index contributed by atoms with van der Waals surface area (Å²) in [4.78, 5) is 0. The number of rotatable bonds is 2. The second-order valence-electron chi connectivity index (χ2n) is 6.50. The van der Waals surface area contributed by atoms with Crippen LogP contribution in [-0.2, 0) is 0 Å². The van der Waals surface area contributed by atoms with E-state index < -0.39 is 0 Å².